The van der Waals surface area contributed by atoms with Crippen molar-refractivity contribution in [3.63, 3.8) is 0 Å². The molecule has 2 aliphatic rings. The Bertz CT molecular complexity index is 1110. The van der Waals surface area contributed by atoms with Gasteiger partial charge < -0.3 is 14.4 Å². The molecule has 3 aromatic rings. The van der Waals surface area contributed by atoms with E-state index in [0.29, 0.717) is 6.61 Å². The third kappa shape index (κ3) is 4.52. The van der Waals surface area contributed by atoms with E-state index in [4.69, 9.17) is 9.47 Å². The molecule has 6 nitrogen and oxygen atoms in total. The number of anilines is 3. The third-order valence-corrected chi connectivity index (χ3v) is 5.76. The van der Waals surface area contributed by atoms with Gasteiger partial charge in [0, 0.05) is 23.7 Å². The van der Waals surface area contributed by atoms with Gasteiger partial charge in [0.25, 0.3) is 5.91 Å². The molecule has 2 heterocycles. The van der Waals surface area contributed by atoms with Crippen LogP contribution in [0.1, 0.15) is 18.4 Å². The van der Waals surface area contributed by atoms with E-state index >= 15 is 0 Å². The van der Waals surface area contributed by atoms with Crippen LogP contribution in [0.5, 0.6) is 0 Å². The van der Waals surface area contributed by atoms with Gasteiger partial charge in [0.2, 0.25) is 0 Å². The van der Waals surface area contributed by atoms with E-state index in [2.05, 4.69) is 29.2 Å². The second-order valence-electron chi connectivity index (χ2n) is 8.03. The highest BCUT2D eigenvalue weighted by Crippen LogP contribution is 2.34. The first-order chi connectivity index (χ1) is 16.2. The van der Waals surface area contributed by atoms with Gasteiger partial charge in [0.1, 0.15) is 0 Å². The Morgan fingerprint density at radius 2 is 1.45 bits per heavy atom. The summed E-state index contributed by atoms with van der Waals surface area (Å²) in [5, 5.41) is 0. The average molecular weight is 440 g/mol. The molecule has 0 bridgehead atoms. The maximum atomic E-state index is 12.7. The molecule has 6 heteroatoms. The number of cyclic esters (lactones) is 1. The Balaban J connectivity index is 1.38. The first kappa shape index (κ1) is 21.0. The number of carbonyl (C=O) groups is 2. The molecule has 0 aromatic heterocycles. The van der Waals surface area contributed by atoms with Gasteiger partial charge in [0.15, 0.2) is 5.76 Å². The van der Waals surface area contributed by atoms with Gasteiger partial charge in [-0.05, 0) is 60.9 Å². The molecule has 0 spiro atoms. The molecule has 0 N–H and O–H groups in total. The molecule has 2 aliphatic heterocycles. The van der Waals surface area contributed by atoms with Crippen molar-refractivity contribution in [1.29, 1.82) is 0 Å². The molecule has 1 atom stereocenters. The van der Waals surface area contributed by atoms with Crippen LogP contribution in [-0.4, -0.2) is 36.2 Å². The first-order valence-corrected chi connectivity index (χ1v) is 11.1. The standard InChI is InChI=1S/C27H24N2O4/c30-26-25(33-27(31)28(26)19-24-12-7-17-32-24)18-20-13-15-23(16-14-20)29(21-8-3-1-4-9-21)22-10-5-2-6-11-22/h1-6,8-11,13-16,18,24H,7,12,17,19H2. The predicted octanol–water partition coefficient (Wildman–Crippen LogP) is 5.66. The topological polar surface area (TPSA) is 59.1 Å². The number of imide groups is 1. The molecule has 0 saturated carbocycles. The van der Waals surface area contributed by atoms with Crippen LogP contribution in [0.3, 0.4) is 0 Å². The molecule has 166 valence electrons. The number of rotatable bonds is 6. The fraction of sp³-hybridized carbons (Fsp3) is 0.185. The second kappa shape index (κ2) is 9.30. The summed E-state index contributed by atoms with van der Waals surface area (Å²) < 4.78 is 10.8. The Morgan fingerprint density at radius 3 is 2.03 bits per heavy atom. The summed E-state index contributed by atoms with van der Waals surface area (Å²) in [5.41, 5.74) is 3.83. The van der Waals surface area contributed by atoms with Crippen LogP contribution in [0.2, 0.25) is 0 Å². The van der Waals surface area contributed by atoms with Gasteiger partial charge in [-0.15, -0.1) is 0 Å². The van der Waals surface area contributed by atoms with E-state index in [1.807, 2.05) is 60.7 Å². The normalized spacial score (nSPS) is 19.2. The van der Waals surface area contributed by atoms with Crippen molar-refractivity contribution in [3.8, 4) is 0 Å². The maximum absolute atomic E-state index is 12.7. The summed E-state index contributed by atoms with van der Waals surface area (Å²) in [6.45, 7) is 0.900. The van der Waals surface area contributed by atoms with Gasteiger partial charge in [0.05, 0.1) is 12.6 Å². The van der Waals surface area contributed by atoms with Gasteiger partial charge in [-0.25, -0.2) is 9.69 Å². The fourth-order valence-corrected chi connectivity index (χ4v) is 4.12. The van der Waals surface area contributed by atoms with Crippen molar-refractivity contribution in [2.45, 2.75) is 18.9 Å². The number of para-hydroxylation sites is 2. The SMILES string of the molecule is O=C1OC(=Cc2ccc(N(c3ccccc3)c3ccccc3)cc2)C(=O)N1CC1CCCO1. The Labute approximate surface area is 192 Å². The number of hydrogen-bond donors (Lipinski definition) is 0. The molecule has 33 heavy (non-hydrogen) atoms. The van der Waals surface area contributed by atoms with E-state index < -0.39 is 12.0 Å². The van der Waals surface area contributed by atoms with Crippen molar-refractivity contribution < 1.29 is 19.1 Å². The average Bonchev–Trinajstić information content (AvgIpc) is 3.46. The van der Waals surface area contributed by atoms with Crippen LogP contribution < -0.4 is 4.90 Å². The minimum absolute atomic E-state index is 0.0359. The summed E-state index contributed by atoms with van der Waals surface area (Å²) in [6.07, 6.45) is 2.64. The van der Waals surface area contributed by atoms with Crippen LogP contribution in [0.25, 0.3) is 6.08 Å². The summed E-state index contributed by atoms with van der Waals surface area (Å²) in [4.78, 5) is 28.2. The van der Waals surface area contributed by atoms with Gasteiger partial charge in [-0.1, -0.05) is 48.5 Å². The van der Waals surface area contributed by atoms with Crippen LogP contribution >= 0.6 is 0 Å². The first-order valence-electron chi connectivity index (χ1n) is 11.1. The quantitative estimate of drug-likeness (QED) is 0.463. The summed E-state index contributed by atoms with van der Waals surface area (Å²) in [7, 11) is 0. The van der Waals surface area contributed by atoms with E-state index in [1.54, 1.807) is 6.08 Å². The number of amides is 2. The lowest BCUT2D eigenvalue weighted by Crippen LogP contribution is -2.35. The van der Waals surface area contributed by atoms with Crippen LogP contribution in [0.15, 0.2) is 90.7 Å². The number of benzene rings is 3. The zero-order valence-electron chi connectivity index (χ0n) is 18.1. The lowest BCUT2D eigenvalue weighted by molar-refractivity contribution is -0.124. The Morgan fingerprint density at radius 1 is 0.848 bits per heavy atom. The smallest absolute Gasteiger partial charge is 0.404 e. The Hall–Kier alpha value is -3.90. The van der Waals surface area contributed by atoms with E-state index in [-0.39, 0.29) is 18.4 Å². The largest absolute Gasteiger partial charge is 0.422 e. The number of carbonyl (C=O) groups excluding carboxylic acids is 2. The molecular formula is C27H24N2O4. The highest BCUT2D eigenvalue weighted by atomic mass is 16.6. The minimum Gasteiger partial charge on any atom is -0.404 e. The lowest BCUT2D eigenvalue weighted by atomic mass is 10.1. The molecule has 2 amide bonds. The third-order valence-electron chi connectivity index (χ3n) is 5.76. The number of ether oxygens (including phenoxy) is 2. The highest BCUT2D eigenvalue weighted by molar-refractivity contribution is 6.10. The molecule has 2 fully saturated rings. The van der Waals surface area contributed by atoms with Crippen molar-refractivity contribution >= 4 is 35.1 Å². The summed E-state index contributed by atoms with van der Waals surface area (Å²) >= 11 is 0. The van der Waals surface area contributed by atoms with Gasteiger partial charge in [-0.2, -0.15) is 0 Å². The molecular weight excluding hydrogens is 416 g/mol. The zero-order chi connectivity index (χ0) is 22.6. The van der Waals surface area contributed by atoms with Crippen molar-refractivity contribution in [1.82, 2.24) is 4.90 Å². The highest BCUT2D eigenvalue weighted by Gasteiger charge is 2.38. The van der Waals surface area contributed by atoms with Crippen LogP contribution in [-0.2, 0) is 14.3 Å². The second-order valence-corrected chi connectivity index (χ2v) is 8.03. The van der Waals surface area contributed by atoms with Crippen molar-refractivity contribution in [3.05, 3.63) is 96.3 Å². The number of nitrogens with zero attached hydrogens (tertiary/aromatic N) is 2. The van der Waals surface area contributed by atoms with Crippen molar-refractivity contribution in [2.75, 3.05) is 18.1 Å². The maximum Gasteiger partial charge on any atom is 0.422 e. The Kier molecular flexibility index (Phi) is 5.91. The molecule has 0 aliphatic carbocycles. The van der Waals surface area contributed by atoms with E-state index in [1.165, 1.54) is 0 Å². The monoisotopic (exact) mass is 440 g/mol. The zero-order valence-corrected chi connectivity index (χ0v) is 18.1. The summed E-state index contributed by atoms with van der Waals surface area (Å²) in [5.74, 6) is -0.386. The van der Waals surface area contributed by atoms with E-state index in [9.17, 15) is 9.59 Å². The van der Waals surface area contributed by atoms with Crippen molar-refractivity contribution in [2.24, 2.45) is 0 Å². The van der Waals surface area contributed by atoms with E-state index in [0.717, 1.165) is 40.4 Å². The molecule has 0 radical (unpaired) electrons. The van der Waals surface area contributed by atoms with Gasteiger partial charge >= 0.3 is 6.09 Å². The minimum atomic E-state index is -0.641. The summed E-state index contributed by atoms with van der Waals surface area (Å²) in [6, 6.07) is 28.0. The lowest BCUT2D eigenvalue weighted by Gasteiger charge is -2.25. The molecule has 5 rings (SSSR count). The fourth-order valence-electron chi connectivity index (χ4n) is 4.12. The number of hydrogen-bond acceptors (Lipinski definition) is 5. The molecule has 1 unspecified atom stereocenters. The van der Waals surface area contributed by atoms with Crippen LogP contribution in [0.4, 0.5) is 21.9 Å². The molecule has 2 saturated heterocycles. The predicted molar refractivity (Wildman–Crippen MR) is 126 cm³/mol. The van der Waals surface area contributed by atoms with Crippen LogP contribution in [0, 0.1) is 0 Å². The molecule has 3 aromatic carbocycles. The van der Waals surface area contributed by atoms with Gasteiger partial charge in [-0.3, -0.25) is 4.79 Å².